The highest BCUT2D eigenvalue weighted by Gasteiger charge is 2.40. The van der Waals surface area contributed by atoms with E-state index in [0.29, 0.717) is 24.7 Å². The highest BCUT2D eigenvalue weighted by Crippen LogP contribution is 2.30. The summed E-state index contributed by atoms with van der Waals surface area (Å²) in [5, 5.41) is 4.00. The van der Waals surface area contributed by atoms with Crippen LogP contribution in [0.25, 0.3) is 0 Å². The molecule has 0 radical (unpaired) electrons. The van der Waals surface area contributed by atoms with Crippen molar-refractivity contribution in [3.8, 4) is 0 Å². The third-order valence-corrected chi connectivity index (χ3v) is 4.73. The Morgan fingerprint density at radius 3 is 2.77 bits per heavy atom. The van der Waals surface area contributed by atoms with Crippen LogP contribution in [0.15, 0.2) is 24.3 Å². The van der Waals surface area contributed by atoms with Crippen molar-refractivity contribution >= 4 is 29.9 Å². The van der Waals surface area contributed by atoms with Crippen molar-refractivity contribution in [3.05, 3.63) is 34.9 Å². The van der Waals surface area contributed by atoms with Crippen molar-refractivity contribution in [2.45, 2.75) is 19.4 Å². The van der Waals surface area contributed by atoms with E-state index in [-0.39, 0.29) is 29.8 Å². The molecule has 0 aliphatic carbocycles. The van der Waals surface area contributed by atoms with E-state index in [1.807, 2.05) is 29.2 Å². The predicted molar refractivity (Wildman–Crippen MR) is 89.6 cm³/mol. The monoisotopic (exact) mass is 344 g/mol. The standard InChI is InChI=1S/C16H21ClN2O2.ClH/c1-16(6-7-18-11-16)15(20)19-8-9-21-14(10-19)12-2-4-13(17)5-3-12;/h2-5,14,18H,6-11H2,1H3;1H. The third-order valence-electron chi connectivity index (χ3n) is 4.48. The van der Waals surface area contributed by atoms with Crippen molar-refractivity contribution < 1.29 is 9.53 Å². The number of amides is 1. The predicted octanol–water partition coefficient (Wildman–Crippen LogP) is 2.66. The van der Waals surface area contributed by atoms with Gasteiger partial charge < -0.3 is 15.0 Å². The van der Waals surface area contributed by atoms with Crippen LogP contribution in [0, 0.1) is 5.41 Å². The number of hydrogen-bond donors (Lipinski definition) is 1. The van der Waals surface area contributed by atoms with Gasteiger partial charge in [0.25, 0.3) is 0 Å². The SMILES string of the molecule is CC1(C(=O)N2CCOC(c3ccc(Cl)cc3)C2)CCNC1.Cl. The van der Waals surface area contributed by atoms with E-state index >= 15 is 0 Å². The molecule has 0 aromatic heterocycles. The molecule has 122 valence electrons. The van der Waals surface area contributed by atoms with Crippen LogP contribution in [0.1, 0.15) is 25.0 Å². The van der Waals surface area contributed by atoms with Crippen LogP contribution in [0.5, 0.6) is 0 Å². The number of carbonyl (C=O) groups is 1. The molecule has 1 N–H and O–H groups in total. The van der Waals surface area contributed by atoms with Gasteiger partial charge >= 0.3 is 0 Å². The summed E-state index contributed by atoms with van der Waals surface area (Å²) in [4.78, 5) is 14.7. The van der Waals surface area contributed by atoms with Gasteiger partial charge in [-0.1, -0.05) is 23.7 Å². The molecule has 1 aromatic rings. The second kappa shape index (κ2) is 7.18. The van der Waals surface area contributed by atoms with Crippen molar-refractivity contribution in [3.63, 3.8) is 0 Å². The van der Waals surface area contributed by atoms with Crippen molar-refractivity contribution in [2.24, 2.45) is 5.41 Å². The summed E-state index contributed by atoms with van der Waals surface area (Å²) in [6, 6.07) is 7.67. The Kier molecular flexibility index (Phi) is 5.72. The smallest absolute Gasteiger partial charge is 0.230 e. The van der Waals surface area contributed by atoms with E-state index in [1.54, 1.807) is 0 Å². The summed E-state index contributed by atoms with van der Waals surface area (Å²) in [5.74, 6) is 0.245. The normalized spacial score (nSPS) is 28.3. The number of ether oxygens (including phenoxy) is 1. The van der Waals surface area contributed by atoms with Gasteiger partial charge in [0.1, 0.15) is 6.10 Å². The molecule has 1 amide bonds. The molecule has 2 aliphatic rings. The maximum Gasteiger partial charge on any atom is 0.230 e. The van der Waals surface area contributed by atoms with Crippen LogP contribution in [-0.2, 0) is 9.53 Å². The Bertz CT molecular complexity index is 515. The molecule has 0 bridgehead atoms. The molecule has 4 nitrogen and oxygen atoms in total. The van der Waals surface area contributed by atoms with Gasteiger partial charge in [-0.05, 0) is 37.6 Å². The number of carbonyl (C=O) groups excluding carboxylic acids is 1. The van der Waals surface area contributed by atoms with Crippen LogP contribution in [0.2, 0.25) is 5.02 Å². The summed E-state index contributed by atoms with van der Waals surface area (Å²) >= 11 is 5.92. The summed E-state index contributed by atoms with van der Waals surface area (Å²) in [7, 11) is 0. The molecule has 2 heterocycles. The van der Waals surface area contributed by atoms with Gasteiger partial charge in [-0.2, -0.15) is 0 Å². The van der Waals surface area contributed by atoms with Gasteiger partial charge in [-0.25, -0.2) is 0 Å². The number of benzene rings is 1. The third kappa shape index (κ3) is 3.57. The van der Waals surface area contributed by atoms with Crippen LogP contribution >= 0.6 is 24.0 Å². The summed E-state index contributed by atoms with van der Waals surface area (Å²) in [6.45, 7) is 5.64. The Balaban J connectivity index is 0.00000176. The lowest BCUT2D eigenvalue weighted by molar-refractivity contribution is -0.148. The molecular formula is C16H22Cl2N2O2. The minimum Gasteiger partial charge on any atom is -0.370 e. The van der Waals surface area contributed by atoms with E-state index < -0.39 is 0 Å². The highest BCUT2D eigenvalue weighted by molar-refractivity contribution is 6.30. The fourth-order valence-electron chi connectivity index (χ4n) is 3.09. The van der Waals surface area contributed by atoms with E-state index in [4.69, 9.17) is 16.3 Å². The number of hydrogen-bond acceptors (Lipinski definition) is 3. The number of morpholine rings is 1. The molecule has 2 fully saturated rings. The first-order chi connectivity index (χ1) is 10.1. The zero-order chi connectivity index (χ0) is 14.9. The van der Waals surface area contributed by atoms with Gasteiger partial charge in [-0.15, -0.1) is 12.4 Å². The quantitative estimate of drug-likeness (QED) is 0.896. The molecule has 2 atom stereocenters. The minimum absolute atomic E-state index is 0. The first kappa shape index (κ1) is 17.5. The Morgan fingerprint density at radius 1 is 1.41 bits per heavy atom. The zero-order valence-corrected chi connectivity index (χ0v) is 14.3. The van der Waals surface area contributed by atoms with E-state index in [0.717, 1.165) is 25.1 Å². The highest BCUT2D eigenvalue weighted by atomic mass is 35.5. The molecule has 0 saturated carbocycles. The minimum atomic E-state index is -0.262. The average molecular weight is 345 g/mol. The van der Waals surface area contributed by atoms with Crippen LogP contribution < -0.4 is 5.32 Å². The number of halogens is 2. The lowest BCUT2D eigenvalue weighted by atomic mass is 9.87. The Morgan fingerprint density at radius 2 is 2.14 bits per heavy atom. The molecule has 6 heteroatoms. The first-order valence-electron chi connectivity index (χ1n) is 7.46. The molecule has 2 saturated heterocycles. The van der Waals surface area contributed by atoms with Crippen LogP contribution in [0.3, 0.4) is 0 Å². The maximum atomic E-state index is 12.8. The topological polar surface area (TPSA) is 41.6 Å². The molecule has 3 rings (SSSR count). The largest absolute Gasteiger partial charge is 0.370 e. The number of rotatable bonds is 2. The Hall–Kier alpha value is -0.810. The lowest BCUT2D eigenvalue weighted by Crippen LogP contribution is -2.49. The first-order valence-corrected chi connectivity index (χ1v) is 7.83. The maximum absolute atomic E-state index is 12.8. The second-order valence-corrected chi connectivity index (χ2v) is 6.59. The van der Waals surface area contributed by atoms with Gasteiger partial charge in [0.2, 0.25) is 5.91 Å². The number of nitrogens with one attached hydrogen (secondary N) is 1. The average Bonchev–Trinajstić information content (AvgIpc) is 2.95. The van der Waals surface area contributed by atoms with Gasteiger partial charge in [-0.3, -0.25) is 4.79 Å². The van der Waals surface area contributed by atoms with Gasteiger partial charge in [0.05, 0.1) is 18.6 Å². The fraction of sp³-hybridized carbons (Fsp3) is 0.562. The molecule has 1 aromatic carbocycles. The number of nitrogens with zero attached hydrogens (tertiary/aromatic N) is 1. The molecule has 0 spiro atoms. The summed E-state index contributed by atoms with van der Waals surface area (Å²) < 4.78 is 5.83. The Labute approximate surface area is 142 Å². The molecule has 22 heavy (non-hydrogen) atoms. The van der Waals surface area contributed by atoms with Crippen molar-refractivity contribution in [1.82, 2.24) is 10.2 Å². The van der Waals surface area contributed by atoms with Crippen LogP contribution in [0.4, 0.5) is 0 Å². The zero-order valence-electron chi connectivity index (χ0n) is 12.7. The van der Waals surface area contributed by atoms with Gasteiger partial charge in [0, 0.05) is 18.1 Å². The van der Waals surface area contributed by atoms with Crippen molar-refractivity contribution in [1.29, 1.82) is 0 Å². The lowest BCUT2D eigenvalue weighted by Gasteiger charge is -2.37. The van der Waals surface area contributed by atoms with E-state index in [1.165, 1.54) is 0 Å². The van der Waals surface area contributed by atoms with Crippen molar-refractivity contribution in [2.75, 3.05) is 32.8 Å². The summed E-state index contributed by atoms with van der Waals surface area (Å²) in [5.41, 5.74) is 0.814. The van der Waals surface area contributed by atoms with E-state index in [9.17, 15) is 4.79 Å². The fourth-order valence-corrected chi connectivity index (χ4v) is 3.22. The van der Waals surface area contributed by atoms with E-state index in [2.05, 4.69) is 12.2 Å². The molecular weight excluding hydrogens is 323 g/mol. The van der Waals surface area contributed by atoms with Crippen LogP contribution in [-0.4, -0.2) is 43.6 Å². The second-order valence-electron chi connectivity index (χ2n) is 6.15. The molecule has 2 unspecified atom stereocenters. The molecule has 2 aliphatic heterocycles. The van der Waals surface area contributed by atoms with Gasteiger partial charge in [0.15, 0.2) is 0 Å². The summed E-state index contributed by atoms with van der Waals surface area (Å²) in [6.07, 6.45) is 0.854.